The van der Waals surface area contributed by atoms with Gasteiger partial charge in [0, 0.05) is 42.1 Å². The molecule has 0 saturated carbocycles. The molecule has 4 heteroatoms. The highest BCUT2D eigenvalue weighted by atomic mass is 16.1. The van der Waals surface area contributed by atoms with Crippen LogP contribution in [0.4, 0.5) is 0 Å². The Morgan fingerprint density at radius 3 is 2.68 bits per heavy atom. The summed E-state index contributed by atoms with van der Waals surface area (Å²) in [4.78, 5) is 11.5. The molecule has 2 aromatic rings. The van der Waals surface area contributed by atoms with Crippen molar-refractivity contribution in [3.05, 3.63) is 34.5 Å². The van der Waals surface area contributed by atoms with E-state index >= 15 is 0 Å². The van der Waals surface area contributed by atoms with Gasteiger partial charge in [0.25, 0.3) is 0 Å². The molecule has 0 radical (unpaired) electrons. The van der Waals surface area contributed by atoms with Crippen LogP contribution >= 0.6 is 0 Å². The number of amides is 1. The predicted octanol–water partition coefficient (Wildman–Crippen LogP) is 2.63. The van der Waals surface area contributed by atoms with Crippen LogP contribution in [0, 0.1) is 12.8 Å². The van der Waals surface area contributed by atoms with Crippen LogP contribution < -0.4 is 11.1 Å². The summed E-state index contributed by atoms with van der Waals surface area (Å²) in [5.74, 6) is -0.357. The molecular formula is C18H25N3O. The molecule has 1 aliphatic heterocycles. The standard InChI is InChI=1S/C18H25N3O/c1-4-5-21-12(3)15(6-11(2)18(19)22)16-7-13-9-20-10-14(13)8-17(16)21/h7-8,11,20H,4-6,9-10H2,1-3H3,(H2,19,22). The van der Waals surface area contributed by atoms with Crippen molar-refractivity contribution in [1.82, 2.24) is 9.88 Å². The molecular weight excluding hydrogens is 274 g/mol. The molecule has 0 saturated heterocycles. The number of nitrogens with one attached hydrogen (secondary N) is 1. The molecule has 1 unspecified atom stereocenters. The Kier molecular flexibility index (Phi) is 3.96. The third-order valence-corrected chi connectivity index (χ3v) is 4.85. The fraction of sp³-hybridized carbons (Fsp3) is 0.500. The highest BCUT2D eigenvalue weighted by Crippen LogP contribution is 2.32. The number of carbonyl (C=O) groups excluding carboxylic acids is 1. The maximum Gasteiger partial charge on any atom is 0.220 e. The molecule has 118 valence electrons. The minimum Gasteiger partial charge on any atom is -0.369 e. The van der Waals surface area contributed by atoms with Gasteiger partial charge in [-0.1, -0.05) is 13.8 Å². The Morgan fingerprint density at radius 2 is 2.05 bits per heavy atom. The Hall–Kier alpha value is -1.81. The summed E-state index contributed by atoms with van der Waals surface area (Å²) in [6.07, 6.45) is 1.82. The number of aryl methyl sites for hydroxylation is 1. The van der Waals surface area contributed by atoms with Crippen molar-refractivity contribution >= 4 is 16.8 Å². The molecule has 1 aromatic carbocycles. The molecule has 0 fully saturated rings. The van der Waals surface area contributed by atoms with E-state index in [2.05, 4.69) is 35.9 Å². The number of hydrogen-bond donors (Lipinski definition) is 2. The molecule has 0 aliphatic carbocycles. The number of nitrogens with two attached hydrogens (primary N) is 1. The zero-order valence-corrected chi connectivity index (χ0v) is 13.7. The zero-order valence-electron chi connectivity index (χ0n) is 13.7. The van der Waals surface area contributed by atoms with Gasteiger partial charge in [0.1, 0.15) is 0 Å². The molecule has 22 heavy (non-hydrogen) atoms. The fourth-order valence-corrected chi connectivity index (χ4v) is 3.52. The summed E-state index contributed by atoms with van der Waals surface area (Å²) in [6.45, 7) is 9.19. The quantitative estimate of drug-likeness (QED) is 0.891. The van der Waals surface area contributed by atoms with Gasteiger partial charge in [0.2, 0.25) is 5.91 Å². The molecule has 1 aromatic heterocycles. The Morgan fingerprint density at radius 1 is 1.36 bits per heavy atom. The Bertz CT molecular complexity index is 730. The van der Waals surface area contributed by atoms with E-state index in [1.807, 2.05) is 6.92 Å². The van der Waals surface area contributed by atoms with Crippen molar-refractivity contribution < 1.29 is 4.79 Å². The van der Waals surface area contributed by atoms with Crippen molar-refractivity contribution in [3.63, 3.8) is 0 Å². The predicted molar refractivity (Wildman–Crippen MR) is 89.6 cm³/mol. The number of hydrogen-bond acceptors (Lipinski definition) is 2. The van der Waals surface area contributed by atoms with E-state index in [0.717, 1.165) is 32.5 Å². The first kappa shape index (κ1) is 15.1. The largest absolute Gasteiger partial charge is 0.369 e. The lowest BCUT2D eigenvalue weighted by molar-refractivity contribution is -0.121. The second kappa shape index (κ2) is 5.76. The van der Waals surface area contributed by atoms with Gasteiger partial charge in [-0.05, 0) is 48.6 Å². The number of aromatic nitrogens is 1. The van der Waals surface area contributed by atoms with Gasteiger partial charge in [0.05, 0.1) is 0 Å². The number of benzene rings is 1. The first-order valence-corrected chi connectivity index (χ1v) is 8.16. The average Bonchev–Trinajstić information content (AvgIpc) is 3.03. The number of rotatable bonds is 5. The van der Waals surface area contributed by atoms with Crippen molar-refractivity contribution in [2.24, 2.45) is 11.7 Å². The first-order valence-electron chi connectivity index (χ1n) is 8.16. The molecule has 3 N–H and O–H groups in total. The maximum absolute atomic E-state index is 11.5. The van der Waals surface area contributed by atoms with Crippen LogP contribution in [0.2, 0.25) is 0 Å². The van der Waals surface area contributed by atoms with Crippen LogP contribution in [0.5, 0.6) is 0 Å². The second-order valence-corrected chi connectivity index (χ2v) is 6.46. The van der Waals surface area contributed by atoms with Crippen LogP contribution in [0.1, 0.15) is 42.7 Å². The van der Waals surface area contributed by atoms with Gasteiger partial charge in [-0.25, -0.2) is 0 Å². The molecule has 1 amide bonds. The van der Waals surface area contributed by atoms with Crippen LogP contribution in [0.3, 0.4) is 0 Å². The summed E-state index contributed by atoms with van der Waals surface area (Å²) in [5, 5.41) is 4.71. The minimum atomic E-state index is -0.224. The number of fused-ring (bicyclic) bond motifs is 2. The molecule has 4 nitrogen and oxygen atoms in total. The topological polar surface area (TPSA) is 60.0 Å². The number of primary amides is 1. The summed E-state index contributed by atoms with van der Waals surface area (Å²) in [6, 6.07) is 4.64. The van der Waals surface area contributed by atoms with Gasteiger partial charge in [0.15, 0.2) is 0 Å². The van der Waals surface area contributed by atoms with Crippen LogP contribution in [-0.4, -0.2) is 10.5 Å². The Balaban J connectivity index is 2.17. The maximum atomic E-state index is 11.5. The smallest absolute Gasteiger partial charge is 0.220 e. The normalized spacial score (nSPS) is 15.2. The van der Waals surface area contributed by atoms with Gasteiger partial charge in [-0.2, -0.15) is 0 Å². The third kappa shape index (κ3) is 2.41. The third-order valence-electron chi connectivity index (χ3n) is 4.85. The summed E-state index contributed by atoms with van der Waals surface area (Å²) in [5.41, 5.74) is 12.1. The minimum absolute atomic E-state index is 0.134. The van der Waals surface area contributed by atoms with E-state index in [9.17, 15) is 4.79 Å². The monoisotopic (exact) mass is 299 g/mol. The lowest BCUT2D eigenvalue weighted by Crippen LogP contribution is -2.22. The first-order chi connectivity index (χ1) is 10.5. The molecule has 1 atom stereocenters. The molecule has 1 aliphatic rings. The van der Waals surface area contributed by atoms with E-state index in [4.69, 9.17) is 5.73 Å². The van der Waals surface area contributed by atoms with Crippen LogP contribution in [-0.2, 0) is 30.8 Å². The molecule has 0 bridgehead atoms. The van der Waals surface area contributed by atoms with Gasteiger partial charge in [-0.15, -0.1) is 0 Å². The summed E-state index contributed by atoms with van der Waals surface area (Å²) in [7, 11) is 0. The lowest BCUT2D eigenvalue weighted by Gasteiger charge is -2.09. The summed E-state index contributed by atoms with van der Waals surface area (Å²) >= 11 is 0. The van der Waals surface area contributed by atoms with Gasteiger partial charge in [-0.3, -0.25) is 4.79 Å². The molecule has 2 heterocycles. The average molecular weight is 299 g/mol. The Labute approximate surface area is 131 Å². The second-order valence-electron chi connectivity index (χ2n) is 6.46. The van der Waals surface area contributed by atoms with Crippen LogP contribution in [0.15, 0.2) is 12.1 Å². The van der Waals surface area contributed by atoms with Crippen molar-refractivity contribution in [2.45, 2.75) is 53.2 Å². The SMILES string of the molecule is CCCn1c(C)c(CC(C)C(N)=O)c2cc3c(cc21)CNC3. The van der Waals surface area contributed by atoms with Crippen LogP contribution in [0.25, 0.3) is 10.9 Å². The van der Waals surface area contributed by atoms with Gasteiger partial charge >= 0.3 is 0 Å². The van der Waals surface area contributed by atoms with Crippen molar-refractivity contribution in [3.8, 4) is 0 Å². The molecule has 3 rings (SSSR count). The van der Waals surface area contributed by atoms with Gasteiger partial charge < -0.3 is 15.6 Å². The van der Waals surface area contributed by atoms with Crippen molar-refractivity contribution in [1.29, 1.82) is 0 Å². The van der Waals surface area contributed by atoms with E-state index in [0.29, 0.717) is 0 Å². The van der Waals surface area contributed by atoms with E-state index in [-0.39, 0.29) is 11.8 Å². The summed E-state index contributed by atoms with van der Waals surface area (Å²) < 4.78 is 2.40. The lowest BCUT2D eigenvalue weighted by atomic mass is 9.96. The van der Waals surface area contributed by atoms with E-state index in [1.54, 1.807) is 0 Å². The van der Waals surface area contributed by atoms with Crippen molar-refractivity contribution in [2.75, 3.05) is 0 Å². The highest BCUT2D eigenvalue weighted by molar-refractivity contribution is 5.88. The number of carbonyl (C=O) groups is 1. The zero-order chi connectivity index (χ0) is 15.9. The highest BCUT2D eigenvalue weighted by Gasteiger charge is 2.21. The van der Waals surface area contributed by atoms with E-state index < -0.39 is 0 Å². The molecule has 0 spiro atoms. The fourth-order valence-electron chi connectivity index (χ4n) is 3.52. The number of nitrogens with zero attached hydrogens (tertiary/aromatic N) is 1. The van der Waals surface area contributed by atoms with E-state index in [1.165, 1.54) is 33.3 Å².